The van der Waals surface area contributed by atoms with Crippen molar-refractivity contribution < 1.29 is 4.57 Å². The molecule has 1 aromatic carbocycles. The topological polar surface area (TPSA) is 7.12 Å². The normalized spacial score (nSPS) is 17.8. The van der Waals surface area contributed by atoms with E-state index < -0.39 is 0 Å². The van der Waals surface area contributed by atoms with Crippen molar-refractivity contribution in [1.29, 1.82) is 0 Å². The van der Waals surface area contributed by atoms with Gasteiger partial charge in [-0.1, -0.05) is 0 Å². The molecule has 0 spiro atoms. The van der Waals surface area contributed by atoms with Crippen molar-refractivity contribution in [3.05, 3.63) is 57.4 Å². The van der Waals surface area contributed by atoms with Crippen molar-refractivity contribution >= 4 is 65.6 Å². The van der Waals surface area contributed by atoms with Gasteiger partial charge in [0.1, 0.15) is 0 Å². The van der Waals surface area contributed by atoms with E-state index in [4.69, 9.17) is 0 Å². The van der Waals surface area contributed by atoms with Crippen molar-refractivity contribution in [2.24, 2.45) is 7.05 Å². The van der Waals surface area contributed by atoms with Crippen molar-refractivity contribution in [3.63, 3.8) is 0 Å². The molecule has 0 N–H and O–H groups in total. The Kier molecular flexibility index (Phi) is 4.87. The molecule has 0 radical (unpaired) electrons. The Morgan fingerprint density at radius 1 is 1.33 bits per heavy atom. The zero-order valence-electron chi connectivity index (χ0n) is 13.7. The fourth-order valence-corrected chi connectivity index (χ4v) is 8.40. The van der Waals surface area contributed by atoms with Gasteiger partial charge in [-0.2, -0.15) is 0 Å². The fraction of sp³-hybridized carbons (Fsp3) is 0.211. The van der Waals surface area contributed by atoms with E-state index in [1.54, 1.807) is 3.74 Å². The molecular formula is C19H19N2S2Te+. The van der Waals surface area contributed by atoms with Gasteiger partial charge in [0.15, 0.2) is 0 Å². The van der Waals surface area contributed by atoms with Crippen LogP contribution in [-0.2, 0) is 7.05 Å². The SMILES string of the molecule is CCN1C(=CC=Cc2sc3c([n+]2C)[Te]CC=C3)Sc2ccccc21. The molecule has 1 aromatic heterocycles. The zero-order chi connectivity index (χ0) is 16.5. The van der Waals surface area contributed by atoms with Gasteiger partial charge in [-0.3, -0.25) is 0 Å². The van der Waals surface area contributed by atoms with E-state index in [-0.39, 0.29) is 20.9 Å². The van der Waals surface area contributed by atoms with E-state index in [2.05, 4.69) is 78.1 Å². The number of rotatable bonds is 3. The van der Waals surface area contributed by atoms with Gasteiger partial charge in [-0.05, 0) is 0 Å². The van der Waals surface area contributed by atoms with Gasteiger partial charge in [0.05, 0.1) is 0 Å². The number of benzene rings is 1. The number of thioether (sulfide) groups is 1. The number of anilines is 1. The zero-order valence-corrected chi connectivity index (χ0v) is 17.7. The van der Waals surface area contributed by atoms with Gasteiger partial charge in [-0.25, -0.2) is 0 Å². The summed E-state index contributed by atoms with van der Waals surface area (Å²) in [5, 5.41) is 2.66. The van der Waals surface area contributed by atoms with Crippen molar-refractivity contribution in [1.82, 2.24) is 0 Å². The second-order valence-corrected chi connectivity index (χ2v) is 10.6. The third kappa shape index (κ3) is 2.99. The number of hydrogen-bond acceptors (Lipinski definition) is 3. The molecule has 5 heteroatoms. The van der Waals surface area contributed by atoms with Crippen molar-refractivity contribution in [2.45, 2.75) is 16.3 Å². The van der Waals surface area contributed by atoms with Gasteiger partial charge in [0.25, 0.3) is 0 Å². The minimum absolute atomic E-state index is 0.0306. The van der Waals surface area contributed by atoms with Crippen LogP contribution < -0.4 is 13.2 Å². The first-order valence-electron chi connectivity index (χ1n) is 8.03. The van der Waals surface area contributed by atoms with Gasteiger partial charge < -0.3 is 0 Å². The van der Waals surface area contributed by atoms with E-state index in [0.717, 1.165) is 6.54 Å². The minimum atomic E-state index is -0.0306. The molecule has 0 atom stereocenters. The standard InChI is InChI=1S/C19H19N2S2Te/c1-3-21-14-8-4-5-9-15(14)22-18(21)12-6-11-17-20(2)19-16(23-17)10-7-13-24-19/h4-12H,3,13H2,1-2H3/q+1. The summed E-state index contributed by atoms with van der Waals surface area (Å²) in [6.45, 7) is 3.21. The summed E-state index contributed by atoms with van der Waals surface area (Å²) >= 11 is 3.74. The number of thiazole rings is 1. The molecule has 4 rings (SSSR count). The number of aromatic nitrogens is 1. The van der Waals surface area contributed by atoms with Gasteiger partial charge >= 0.3 is 162 Å². The summed E-state index contributed by atoms with van der Waals surface area (Å²) in [7, 11) is 2.21. The molecule has 0 unspecified atom stereocenters. The van der Waals surface area contributed by atoms with Gasteiger partial charge in [0.2, 0.25) is 0 Å². The number of allylic oxidation sites excluding steroid dienone is 3. The molecule has 2 aliphatic heterocycles. The Labute approximate surface area is 161 Å². The molecule has 0 aliphatic carbocycles. The molecule has 3 heterocycles. The van der Waals surface area contributed by atoms with Crippen LogP contribution in [0.4, 0.5) is 5.69 Å². The maximum atomic E-state index is 2.40. The molecule has 0 fully saturated rings. The summed E-state index contributed by atoms with van der Waals surface area (Å²) in [5.41, 5.74) is 1.33. The Bertz CT molecular complexity index is 864. The first kappa shape index (κ1) is 16.5. The number of fused-ring (bicyclic) bond motifs is 2. The van der Waals surface area contributed by atoms with Crippen LogP contribution in [0.15, 0.2) is 52.4 Å². The quantitative estimate of drug-likeness (QED) is 0.501. The average molecular weight is 467 g/mol. The summed E-state index contributed by atoms with van der Waals surface area (Å²) in [6.07, 6.45) is 11.3. The van der Waals surface area contributed by atoms with E-state index in [1.807, 2.05) is 23.1 Å². The second-order valence-electron chi connectivity index (χ2n) is 5.56. The van der Waals surface area contributed by atoms with Crippen LogP contribution >= 0.6 is 23.1 Å². The summed E-state index contributed by atoms with van der Waals surface area (Å²) in [4.78, 5) is 5.21. The molecule has 24 heavy (non-hydrogen) atoms. The maximum absolute atomic E-state index is 2.40. The number of hydrogen-bond donors (Lipinski definition) is 0. The number of para-hydroxylation sites is 1. The fourth-order valence-electron chi connectivity index (χ4n) is 2.91. The molecular weight excluding hydrogens is 448 g/mol. The van der Waals surface area contributed by atoms with Crippen molar-refractivity contribution in [3.8, 4) is 0 Å². The second kappa shape index (κ2) is 7.09. The van der Waals surface area contributed by atoms with Gasteiger partial charge in [-0.15, -0.1) is 0 Å². The van der Waals surface area contributed by atoms with Crippen LogP contribution in [0.1, 0.15) is 16.8 Å². The molecule has 0 bridgehead atoms. The molecule has 0 saturated carbocycles. The van der Waals surface area contributed by atoms with Crippen LogP contribution in [0.5, 0.6) is 0 Å². The first-order valence-corrected chi connectivity index (χ1v) is 12.5. The van der Waals surface area contributed by atoms with Crippen LogP contribution in [0.2, 0.25) is 4.47 Å². The van der Waals surface area contributed by atoms with E-state index >= 15 is 0 Å². The molecule has 0 saturated heterocycles. The molecule has 0 amide bonds. The van der Waals surface area contributed by atoms with E-state index in [9.17, 15) is 0 Å². The summed E-state index contributed by atoms with van der Waals surface area (Å²) in [5.74, 6) is 0. The van der Waals surface area contributed by atoms with Crippen LogP contribution in [-0.4, -0.2) is 27.5 Å². The first-order chi connectivity index (χ1) is 11.8. The Balaban J connectivity index is 1.59. The van der Waals surface area contributed by atoms with Crippen LogP contribution in [0, 0.1) is 0 Å². The molecule has 2 aromatic rings. The summed E-state index contributed by atoms with van der Waals surface area (Å²) in [6, 6.07) is 8.65. The van der Waals surface area contributed by atoms with E-state index in [0.29, 0.717) is 0 Å². The third-order valence-corrected chi connectivity index (χ3v) is 9.99. The Morgan fingerprint density at radius 2 is 2.21 bits per heavy atom. The monoisotopic (exact) mass is 469 g/mol. The predicted molar refractivity (Wildman–Crippen MR) is 107 cm³/mol. The summed E-state index contributed by atoms with van der Waals surface area (Å²) < 4.78 is 5.28. The third-order valence-electron chi connectivity index (χ3n) is 4.08. The average Bonchev–Trinajstić information content (AvgIpc) is 3.13. The predicted octanol–water partition coefficient (Wildman–Crippen LogP) is 3.83. The Hall–Kier alpha value is -0.990. The molecule has 2 aliphatic rings. The number of nitrogens with zero attached hydrogens (tertiary/aromatic N) is 2. The van der Waals surface area contributed by atoms with Gasteiger partial charge in [0, 0.05) is 0 Å². The molecule has 2 nitrogen and oxygen atoms in total. The Morgan fingerprint density at radius 3 is 3.04 bits per heavy atom. The van der Waals surface area contributed by atoms with Crippen LogP contribution in [0.25, 0.3) is 12.2 Å². The molecule has 122 valence electrons. The van der Waals surface area contributed by atoms with E-state index in [1.165, 1.54) is 30.0 Å². The van der Waals surface area contributed by atoms with Crippen molar-refractivity contribution in [2.75, 3.05) is 11.4 Å². The van der Waals surface area contributed by atoms with Crippen LogP contribution in [0.3, 0.4) is 0 Å².